The quantitative estimate of drug-likeness (QED) is 0.889. The first-order valence-electron chi connectivity index (χ1n) is 7.36. The van der Waals surface area contributed by atoms with Crippen LogP contribution in [-0.2, 0) is 4.79 Å². The molecule has 3 nitrogen and oxygen atoms in total. The highest BCUT2D eigenvalue weighted by atomic mass is 19.1. The van der Waals surface area contributed by atoms with Crippen LogP contribution in [0.1, 0.15) is 44.2 Å². The molecule has 0 radical (unpaired) electrons. The third-order valence-electron chi connectivity index (χ3n) is 4.28. The van der Waals surface area contributed by atoms with Crippen molar-refractivity contribution < 1.29 is 9.18 Å². The van der Waals surface area contributed by atoms with E-state index in [2.05, 4.69) is 5.32 Å². The molecule has 0 aromatic heterocycles. The largest absolute Gasteiger partial charge is 0.349 e. The van der Waals surface area contributed by atoms with Crippen LogP contribution in [0.2, 0.25) is 0 Å². The number of amides is 1. The molecule has 2 rings (SSSR count). The SMILES string of the molecule is CC(NC(=O)C1CCC(CN)CC1)c1ccc(F)cc1. The summed E-state index contributed by atoms with van der Waals surface area (Å²) in [5, 5.41) is 3.03. The maximum Gasteiger partial charge on any atom is 0.223 e. The molecular weight excluding hydrogens is 255 g/mol. The summed E-state index contributed by atoms with van der Waals surface area (Å²) in [7, 11) is 0. The van der Waals surface area contributed by atoms with Gasteiger partial charge in [-0.2, -0.15) is 0 Å². The minimum Gasteiger partial charge on any atom is -0.349 e. The predicted octanol–water partition coefficient (Wildman–Crippen LogP) is 2.77. The van der Waals surface area contributed by atoms with Crippen LogP contribution >= 0.6 is 0 Å². The maximum absolute atomic E-state index is 12.9. The Morgan fingerprint density at radius 3 is 2.45 bits per heavy atom. The highest BCUT2D eigenvalue weighted by Crippen LogP contribution is 2.28. The molecule has 3 N–H and O–H groups in total. The van der Waals surface area contributed by atoms with Gasteiger partial charge in [0.1, 0.15) is 5.82 Å². The van der Waals surface area contributed by atoms with Crippen molar-refractivity contribution in [2.45, 2.75) is 38.6 Å². The van der Waals surface area contributed by atoms with Crippen LogP contribution in [0.5, 0.6) is 0 Å². The molecule has 1 saturated carbocycles. The number of carbonyl (C=O) groups is 1. The molecule has 1 aliphatic carbocycles. The first-order chi connectivity index (χ1) is 9.60. The summed E-state index contributed by atoms with van der Waals surface area (Å²) in [5.41, 5.74) is 6.59. The van der Waals surface area contributed by atoms with Gasteiger partial charge in [0.2, 0.25) is 5.91 Å². The Balaban J connectivity index is 1.86. The lowest BCUT2D eigenvalue weighted by Crippen LogP contribution is -2.35. The van der Waals surface area contributed by atoms with Crippen molar-refractivity contribution in [1.82, 2.24) is 5.32 Å². The molecule has 1 aromatic carbocycles. The zero-order valence-electron chi connectivity index (χ0n) is 11.9. The minimum absolute atomic E-state index is 0.0877. The fourth-order valence-electron chi connectivity index (χ4n) is 2.83. The van der Waals surface area contributed by atoms with E-state index in [-0.39, 0.29) is 23.7 Å². The Kier molecular flexibility index (Phi) is 5.12. The molecule has 4 heteroatoms. The lowest BCUT2D eigenvalue weighted by Gasteiger charge is -2.28. The van der Waals surface area contributed by atoms with E-state index in [1.807, 2.05) is 6.92 Å². The van der Waals surface area contributed by atoms with E-state index in [0.29, 0.717) is 5.92 Å². The number of hydrogen-bond donors (Lipinski definition) is 2. The summed E-state index contributed by atoms with van der Waals surface area (Å²) in [5.74, 6) is 0.527. The Hall–Kier alpha value is -1.42. The van der Waals surface area contributed by atoms with Crippen molar-refractivity contribution in [3.05, 3.63) is 35.6 Å². The number of nitrogens with one attached hydrogen (secondary N) is 1. The fourth-order valence-corrected chi connectivity index (χ4v) is 2.83. The maximum atomic E-state index is 12.9. The Morgan fingerprint density at radius 1 is 1.30 bits per heavy atom. The molecule has 1 aliphatic rings. The van der Waals surface area contributed by atoms with Crippen molar-refractivity contribution in [1.29, 1.82) is 0 Å². The molecule has 1 atom stereocenters. The van der Waals surface area contributed by atoms with Crippen LogP contribution in [-0.4, -0.2) is 12.5 Å². The van der Waals surface area contributed by atoms with Crippen molar-refractivity contribution in [3.63, 3.8) is 0 Å². The van der Waals surface area contributed by atoms with E-state index >= 15 is 0 Å². The Morgan fingerprint density at radius 2 is 1.90 bits per heavy atom. The lowest BCUT2D eigenvalue weighted by molar-refractivity contribution is -0.126. The molecule has 0 spiro atoms. The van der Waals surface area contributed by atoms with Crippen LogP contribution in [0.25, 0.3) is 0 Å². The number of rotatable bonds is 4. The second-order valence-corrected chi connectivity index (χ2v) is 5.74. The fraction of sp³-hybridized carbons (Fsp3) is 0.562. The second kappa shape index (κ2) is 6.84. The lowest BCUT2D eigenvalue weighted by atomic mass is 9.81. The molecule has 0 heterocycles. The van der Waals surface area contributed by atoms with Crippen molar-refractivity contribution in [2.75, 3.05) is 6.54 Å². The molecule has 1 aromatic rings. The third kappa shape index (κ3) is 3.79. The highest BCUT2D eigenvalue weighted by molar-refractivity contribution is 5.79. The molecule has 1 unspecified atom stereocenters. The predicted molar refractivity (Wildman–Crippen MR) is 77.5 cm³/mol. The number of halogens is 1. The molecule has 0 aliphatic heterocycles. The molecule has 110 valence electrons. The molecule has 1 amide bonds. The van der Waals surface area contributed by atoms with E-state index < -0.39 is 0 Å². The van der Waals surface area contributed by atoms with E-state index in [1.165, 1.54) is 12.1 Å². The van der Waals surface area contributed by atoms with Gasteiger partial charge >= 0.3 is 0 Å². The van der Waals surface area contributed by atoms with Crippen LogP contribution < -0.4 is 11.1 Å². The van der Waals surface area contributed by atoms with Crippen LogP contribution in [0.4, 0.5) is 4.39 Å². The van der Waals surface area contributed by atoms with Gasteiger partial charge in [-0.3, -0.25) is 4.79 Å². The number of nitrogens with two attached hydrogens (primary N) is 1. The zero-order chi connectivity index (χ0) is 14.5. The third-order valence-corrected chi connectivity index (χ3v) is 4.28. The van der Waals surface area contributed by atoms with Crippen LogP contribution in [0.15, 0.2) is 24.3 Å². The standard InChI is InChI=1S/C16H23FN2O/c1-11(13-6-8-15(17)9-7-13)19-16(20)14-4-2-12(10-18)3-5-14/h6-9,11-12,14H,2-5,10,18H2,1H3,(H,19,20). The minimum atomic E-state index is -0.257. The van der Waals surface area contributed by atoms with E-state index in [9.17, 15) is 9.18 Å². The van der Waals surface area contributed by atoms with Crippen LogP contribution in [0, 0.1) is 17.7 Å². The van der Waals surface area contributed by atoms with Crippen molar-refractivity contribution >= 4 is 5.91 Å². The smallest absolute Gasteiger partial charge is 0.223 e. The summed E-state index contributed by atoms with van der Waals surface area (Å²) in [6.45, 7) is 2.65. The van der Waals surface area contributed by atoms with Gasteiger partial charge in [0.05, 0.1) is 6.04 Å². The Bertz CT molecular complexity index is 438. The van der Waals surface area contributed by atoms with Gasteiger partial charge < -0.3 is 11.1 Å². The van der Waals surface area contributed by atoms with Gasteiger partial charge in [0, 0.05) is 5.92 Å². The average molecular weight is 278 g/mol. The number of hydrogen-bond acceptors (Lipinski definition) is 2. The van der Waals surface area contributed by atoms with Gasteiger partial charge in [0.15, 0.2) is 0 Å². The number of carbonyl (C=O) groups excluding carboxylic acids is 1. The van der Waals surface area contributed by atoms with Gasteiger partial charge in [-0.15, -0.1) is 0 Å². The van der Waals surface area contributed by atoms with Crippen molar-refractivity contribution in [3.8, 4) is 0 Å². The van der Waals surface area contributed by atoms with Gasteiger partial charge in [0.25, 0.3) is 0 Å². The first-order valence-corrected chi connectivity index (χ1v) is 7.36. The zero-order valence-corrected chi connectivity index (χ0v) is 11.9. The van der Waals surface area contributed by atoms with Crippen molar-refractivity contribution in [2.24, 2.45) is 17.6 Å². The average Bonchev–Trinajstić information content (AvgIpc) is 2.48. The monoisotopic (exact) mass is 278 g/mol. The molecule has 0 bridgehead atoms. The molecule has 0 saturated heterocycles. The first kappa shape index (κ1) is 15.0. The van der Waals surface area contributed by atoms with Gasteiger partial charge in [-0.1, -0.05) is 12.1 Å². The summed E-state index contributed by atoms with van der Waals surface area (Å²) in [6.07, 6.45) is 3.92. The highest BCUT2D eigenvalue weighted by Gasteiger charge is 2.26. The summed E-state index contributed by atoms with van der Waals surface area (Å²) in [6, 6.07) is 6.18. The topological polar surface area (TPSA) is 55.1 Å². The summed E-state index contributed by atoms with van der Waals surface area (Å²) < 4.78 is 12.9. The second-order valence-electron chi connectivity index (χ2n) is 5.74. The van der Waals surface area contributed by atoms with Crippen LogP contribution in [0.3, 0.4) is 0 Å². The molecular formula is C16H23FN2O. The van der Waals surface area contributed by atoms with E-state index in [4.69, 9.17) is 5.73 Å². The summed E-state index contributed by atoms with van der Waals surface area (Å²) in [4.78, 5) is 12.2. The molecule has 1 fully saturated rings. The Labute approximate surface area is 119 Å². The summed E-state index contributed by atoms with van der Waals surface area (Å²) >= 11 is 0. The molecule has 20 heavy (non-hydrogen) atoms. The van der Waals surface area contributed by atoms with Gasteiger partial charge in [-0.25, -0.2) is 4.39 Å². The van der Waals surface area contributed by atoms with E-state index in [0.717, 1.165) is 37.8 Å². The van der Waals surface area contributed by atoms with Gasteiger partial charge in [-0.05, 0) is 62.8 Å². The number of benzene rings is 1. The van der Waals surface area contributed by atoms with E-state index in [1.54, 1.807) is 12.1 Å². The normalized spacial score (nSPS) is 24.1.